The van der Waals surface area contributed by atoms with Gasteiger partial charge in [0.2, 0.25) is 10.0 Å². The van der Waals surface area contributed by atoms with Gasteiger partial charge in [0.15, 0.2) is 0 Å². The van der Waals surface area contributed by atoms with Crippen LogP contribution in [0.25, 0.3) is 0 Å². The first-order valence-electron chi connectivity index (χ1n) is 5.46. The van der Waals surface area contributed by atoms with E-state index < -0.39 is 10.0 Å². The highest BCUT2D eigenvalue weighted by Crippen LogP contribution is 2.14. The molecule has 0 unspecified atom stereocenters. The van der Waals surface area contributed by atoms with Crippen LogP contribution in [-0.2, 0) is 10.0 Å². The van der Waals surface area contributed by atoms with E-state index in [1.807, 2.05) is 0 Å². The topological polar surface area (TPSA) is 73.5 Å². The number of hydrogen-bond donors (Lipinski definition) is 1. The van der Waals surface area contributed by atoms with E-state index in [2.05, 4.69) is 20.9 Å². The van der Waals surface area contributed by atoms with E-state index >= 15 is 0 Å². The second-order valence-electron chi connectivity index (χ2n) is 4.19. The summed E-state index contributed by atoms with van der Waals surface area (Å²) in [5.41, 5.74) is 0.509. The van der Waals surface area contributed by atoms with Crippen molar-refractivity contribution in [2.24, 2.45) is 0 Å². The molecule has 1 aliphatic rings. The van der Waals surface area contributed by atoms with Crippen molar-refractivity contribution in [1.29, 1.82) is 0 Å². The van der Waals surface area contributed by atoms with Crippen LogP contribution in [0.5, 0.6) is 0 Å². The maximum absolute atomic E-state index is 12.1. The minimum atomic E-state index is -3.16. The quantitative estimate of drug-likeness (QED) is 0.855. The first-order chi connectivity index (χ1) is 8.38. The van der Waals surface area contributed by atoms with Crippen LogP contribution < -0.4 is 0 Å². The number of nitrogens with one attached hydrogen (secondary N) is 1. The number of H-pyrrole nitrogens is 1. The largest absolute Gasteiger partial charge is 0.356 e. The molecule has 0 bridgehead atoms. The monoisotopic (exact) mass is 335 g/mol. The van der Waals surface area contributed by atoms with Crippen LogP contribution in [0.3, 0.4) is 0 Å². The molecule has 1 saturated heterocycles. The number of halogens is 1. The third-order valence-electron chi connectivity index (χ3n) is 2.87. The normalized spacial score (nSPS) is 18.0. The molecule has 0 atom stereocenters. The van der Waals surface area contributed by atoms with Gasteiger partial charge in [-0.3, -0.25) is 4.79 Å². The molecule has 0 radical (unpaired) electrons. The molecule has 0 spiro atoms. The number of aromatic nitrogens is 1. The minimum Gasteiger partial charge on any atom is -0.356 e. The van der Waals surface area contributed by atoms with Crippen molar-refractivity contribution in [2.45, 2.75) is 0 Å². The molecule has 2 rings (SSSR count). The molecule has 0 aliphatic carbocycles. The fourth-order valence-electron chi connectivity index (χ4n) is 1.88. The predicted molar refractivity (Wildman–Crippen MR) is 70.8 cm³/mol. The average molecular weight is 336 g/mol. The molecule has 1 fully saturated rings. The lowest BCUT2D eigenvalue weighted by atomic mass is 10.3. The van der Waals surface area contributed by atoms with Gasteiger partial charge in [0.25, 0.3) is 5.91 Å². The molecule has 1 aromatic heterocycles. The number of amides is 1. The molecule has 0 aromatic carbocycles. The van der Waals surface area contributed by atoms with Crippen molar-refractivity contribution in [3.05, 3.63) is 22.4 Å². The number of carbonyl (C=O) groups excluding carboxylic acids is 1. The van der Waals surface area contributed by atoms with Crippen molar-refractivity contribution in [1.82, 2.24) is 14.2 Å². The summed E-state index contributed by atoms with van der Waals surface area (Å²) >= 11 is 3.27. The first-order valence-corrected chi connectivity index (χ1v) is 8.10. The van der Waals surface area contributed by atoms with E-state index in [0.29, 0.717) is 31.9 Å². The number of nitrogens with zero attached hydrogens (tertiary/aromatic N) is 2. The van der Waals surface area contributed by atoms with Crippen LogP contribution in [0.15, 0.2) is 16.7 Å². The third-order valence-corrected chi connectivity index (χ3v) is 4.63. The maximum atomic E-state index is 12.1. The molecule has 8 heteroatoms. The molecule has 2 heterocycles. The number of hydrogen-bond acceptors (Lipinski definition) is 3. The summed E-state index contributed by atoms with van der Waals surface area (Å²) in [7, 11) is -3.16. The fraction of sp³-hybridized carbons (Fsp3) is 0.500. The molecule has 1 aromatic rings. The molecule has 1 N–H and O–H groups in total. The van der Waals surface area contributed by atoms with E-state index in [1.165, 1.54) is 10.6 Å². The summed E-state index contributed by atoms with van der Waals surface area (Å²) in [6.07, 6.45) is 2.88. The number of piperazine rings is 1. The fourth-order valence-corrected chi connectivity index (χ4v) is 3.05. The Kier molecular flexibility index (Phi) is 3.79. The van der Waals surface area contributed by atoms with Crippen molar-refractivity contribution < 1.29 is 13.2 Å². The zero-order valence-corrected chi connectivity index (χ0v) is 12.3. The third kappa shape index (κ3) is 2.93. The van der Waals surface area contributed by atoms with Gasteiger partial charge < -0.3 is 9.88 Å². The molecule has 100 valence electrons. The second kappa shape index (κ2) is 5.02. The lowest BCUT2D eigenvalue weighted by molar-refractivity contribution is 0.0693. The molecular formula is C10H14BrN3O3S. The van der Waals surface area contributed by atoms with Gasteiger partial charge in [-0.2, -0.15) is 4.31 Å². The van der Waals surface area contributed by atoms with Crippen molar-refractivity contribution in [3.63, 3.8) is 0 Å². The maximum Gasteiger partial charge on any atom is 0.270 e. The molecule has 1 amide bonds. The Morgan fingerprint density at radius 3 is 2.39 bits per heavy atom. The second-order valence-corrected chi connectivity index (χ2v) is 7.08. The van der Waals surface area contributed by atoms with Crippen molar-refractivity contribution in [3.8, 4) is 0 Å². The smallest absolute Gasteiger partial charge is 0.270 e. The van der Waals surface area contributed by atoms with Gasteiger partial charge in [-0.25, -0.2) is 8.42 Å². The van der Waals surface area contributed by atoms with E-state index in [-0.39, 0.29) is 5.91 Å². The highest BCUT2D eigenvalue weighted by molar-refractivity contribution is 9.10. The highest BCUT2D eigenvalue weighted by atomic mass is 79.9. The standard InChI is InChI=1S/C10H14BrN3O3S/c1-18(16,17)14-4-2-13(3-5-14)10(15)9-6-8(11)7-12-9/h6-7,12H,2-5H2,1H3. The number of aromatic amines is 1. The summed E-state index contributed by atoms with van der Waals surface area (Å²) in [6.45, 7) is 1.55. The van der Waals surface area contributed by atoms with Crippen molar-refractivity contribution >= 4 is 31.9 Å². The van der Waals surface area contributed by atoms with Crippen LogP contribution in [0.4, 0.5) is 0 Å². The number of sulfonamides is 1. The summed E-state index contributed by atoms with van der Waals surface area (Å²) < 4.78 is 24.9. The highest BCUT2D eigenvalue weighted by Gasteiger charge is 2.26. The molecule has 6 nitrogen and oxygen atoms in total. The van der Waals surface area contributed by atoms with Gasteiger partial charge in [0, 0.05) is 36.8 Å². The van der Waals surface area contributed by atoms with Crippen LogP contribution in [0, 0.1) is 0 Å². The van der Waals surface area contributed by atoms with Gasteiger partial charge in [-0.1, -0.05) is 0 Å². The molecule has 18 heavy (non-hydrogen) atoms. The number of rotatable bonds is 2. The Bertz CT molecular complexity index is 546. The van der Waals surface area contributed by atoms with Crippen molar-refractivity contribution in [2.75, 3.05) is 32.4 Å². The SMILES string of the molecule is CS(=O)(=O)N1CCN(C(=O)c2cc(Br)c[nH]2)CC1. The zero-order chi connectivity index (χ0) is 13.3. The lowest BCUT2D eigenvalue weighted by Gasteiger charge is -2.32. The van der Waals surface area contributed by atoms with Gasteiger partial charge in [-0.15, -0.1) is 0 Å². The van der Waals surface area contributed by atoms with E-state index in [1.54, 1.807) is 17.2 Å². The van der Waals surface area contributed by atoms with Crippen LogP contribution in [0.1, 0.15) is 10.5 Å². The summed E-state index contributed by atoms with van der Waals surface area (Å²) in [6, 6.07) is 1.71. The Hall–Kier alpha value is -0.860. The average Bonchev–Trinajstić information content (AvgIpc) is 2.74. The molecule has 0 saturated carbocycles. The zero-order valence-electron chi connectivity index (χ0n) is 9.89. The Morgan fingerprint density at radius 1 is 1.33 bits per heavy atom. The summed E-state index contributed by atoms with van der Waals surface area (Å²) in [4.78, 5) is 16.6. The van der Waals surface area contributed by atoms with E-state index in [4.69, 9.17) is 0 Å². The predicted octanol–water partition coefficient (Wildman–Crippen LogP) is 0.495. The van der Waals surface area contributed by atoms with Gasteiger partial charge in [0.1, 0.15) is 5.69 Å². The Balaban J connectivity index is 2.00. The van der Waals surface area contributed by atoms with Crippen LogP contribution in [-0.4, -0.2) is 60.9 Å². The lowest BCUT2D eigenvalue weighted by Crippen LogP contribution is -2.50. The van der Waals surface area contributed by atoms with Gasteiger partial charge >= 0.3 is 0 Å². The van der Waals surface area contributed by atoms with Crippen LogP contribution in [0.2, 0.25) is 0 Å². The Morgan fingerprint density at radius 2 is 1.94 bits per heavy atom. The summed E-state index contributed by atoms with van der Waals surface area (Å²) in [5.74, 6) is -0.103. The van der Waals surface area contributed by atoms with Gasteiger partial charge in [-0.05, 0) is 22.0 Å². The first kappa shape index (κ1) is 13.6. The molecule has 1 aliphatic heterocycles. The molecular weight excluding hydrogens is 322 g/mol. The Labute approximate surface area is 114 Å². The van der Waals surface area contributed by atoms with E-state index in [0.717, 1.165) is 4.47 Å². The minimum absolute atomic E-state index is 0.103. The van der Waals surface area contributed by atoms with E-state index in [9.17, 15) is 13.2 Å². The summed E-state index contributed by atoms with van der Waals surface area (Å²) in [5, 5.41) is 0. The number of carbonyl (C=O) groups is 1. The van der Waals surface area contributed by atoms with Gasteiger partial charge in [0.05, 0.1) is 6.26 Å². The van der Waals surface area contributed by atoms with Crippen LogP contribution >= 0.6 is 15.9 Å².